The van der Waals surface area contributed by atoms with Crippen LogP contribution in [0.4, 0.5) is 5.69 Å². The van der Waals surface area contributed by atoms with Crippen LogP contribution in [0.1, 0.15) is 36.6 Å². The van der Waals surface area contributed by atoms with Crippen molar-refractivity contribution in [1.82, 2.24) is 9.88 Å². The van der Waals surface area contributed by atoms with E-state index in [1.165, 1.54) is 5.56 Å². The van der Waals surface area contributed by atoms with E-state index in [2.05, 4.69) is 23.2 Å². The number of anilines is 1. The van der Waals surface area contributed by atoms with Crippen molar-refractivity contribution < 1.29 is 9.47 Å². The molecule has 0 atom stereocenters. The van der Waals surface area contributed by atoms with Gasteiger partial charge in [-0.1, -0.05) is 6.92 Å². The fraction of sp³-hybridized carbons (Fsp3) is 0.545. The Kier molecular flexibility index (Phi) is 5.65. The van der Waals surface area contributed by atoms with Crippen LogP contribution in [0, 0.1) is 11.3 Å². The van der Waals surface area contributed by atoms with Crippen LogP contribution in [0.2, 0.25) is 0 Å². The van der Waals surface area contributed by atoms with Crippen LogP contribution in [0.25, 0.3) is 10.9 Å². The fourth-order valence-electron chi connectivity index (χ4n) is 4.32. The van der Waals surface area contributed by atoms with Crippen molar-refractivity contribution in [2.75, 3.05) is 45.3 Å². The minimum Gasteiger partial charge on any atom is -0.495 e. The predicted molar refractivity (Wildman–Crippen MR) is 110 cm³/mol. The molecule has 2 aliphatic heterocycles. The Labute approximate surface area is 166 Å². The number of ether oxygens (including phenoxy) is 2. The van der Waals surface area contributed by atoms with Crippen LogP contribution in [0.3, 0.4) is 0 Å². The lowest BCUT2D eigenvalue weighted by Crippen LogP contribution is -2.39. The first-order valence-electron chi connectivity index (χ1n) is 10.2. The van der Waals surface area contributed by atoms with Crippen LogP contribution in [-0.4, -0.2) is 55.9 Å². The van der Waals surface area contributed by atoms with Gasteiger partial charge in [-0.15, -0.1) is 0 Å². The number of hydrogen-bond donors (Lipinski definition) is 1. The molecule has 28 heavy (non-hydrogen) atoms. The fourth-order valence-corrected chi connectivity index (χ4v) is 4.32. The van der Waals surface area contributed by atoms with E-state index in [0.717, 1.165) is 74.2 Å². The molecule has 0 spiro atoms. The molecule has 0 amide bonds. The Morgan fingerprint density at radius 1 is 1.29 bits per heavy atom. The average molecular weight is 380 g/mol. The molecule has 0 unspecified atom stereocenters. The molecule has 1 saturated heterocycles. The highest BCUT2D eigenvalue weighted by Crippen LogP contribution is 2.35. The molecule has 148 valence electrons. The van der Waals surface area contributed by atoms with Gasteiger partial charge < -0.3 is 19.7 Å². The first kappa shape index (κ1) is 19.0. The van der Waals surface area contributed by atoms with E-state index in [9.17, 15) is 5.26 Å². The zero-order valence-corrected chi connectivity index (χ0v) is 16.8. The van der Waals surface area contributed by atoms with E-state index in [-0.39, 0.29) is 0 Å². The Morgan fingerprint density at radius 3 is 2.79 bits per heavy atom. The second-order valence-corrected chi connectivity index (χ2v) is 7.56. The molecule has 1 fully saturated rings. The number of pyridine rings is 1. The van der Waals surface area contributed by atoms with Gasteiger partial charge in [0.05, 0.1) is 31.4 Å². The molecular formula is C22H28N4O2. The van der Waals surface area contributed by atoms with Gasteiger partial charge >= 0.3 is 0 Å². The van der Waals surface area contributed by atoms with Gasteiger partial charge in [-0.25, -0.2) is 0 Å². The normalized spacial score (nSPS) is 18.3. The molecule has 6 nitrogen and oxygen atoms in total. The highest BCUT2D eigenvalue weighted by molar-refractivity contribution is 5.95. The molecule has 0 bridgehead atoms. The Morgan fingerprint density at radius 2 is 2.07 bits per heavy atom. The van der Waals surface area contributed by atoms with Gasteiger partial charge in [0.1, 0.15) is 11.8 Å². The number of likely N-dealkylation sites (tertiary alicyclic amines) is 1. The molecule has 1 aromatic carbocycles. The monoisotopic (exact) mass is 380 g/mol. The molecule has 4 rings (SSSR count). The van der Waals surface area contributed by atoms with Crippen LogP contribution in [-0.2, 0) is 17.6 Å². The summed E-state index contributed by atoms with van der Waals surface area (Å²) < 4.78 is 11.2. The number of hydrogen-bond acceptors (Lipinski definition) is 6. The summed E-state index contributed by atoms with van der Waals surface area (Å²) in [6, 6.07) is 6.50. The largest absolute Gasteiger partial charge is 0.495 e. The summed E-state index contributed by atoms with van der Waals surface area (Å²) in [7, 11) is 1.61. The third-order valence-corrected chi connectivity index (χ3v) is 5.98. The maximum absolute atomic E-state index is 9.47. The maximum Gasteiger partial charge on any atom is 0.137 e. The molecule has 6 heteroatoms. The van der Waals surface area contributed by atoms with Gasteiger partial charge in [-0.2, -0.15) is 5.26 Å². The SMILES string of the molecule is CCN1CCC(Nc2c3c(nc4cc(C#N)c(OC)cc24)CCOCC3)CC1. The summed E-state index contributed by atoms with van der Waals surface area (Å²) in [4.78, 5) is 7.40. The lowest BCUT2D eigenvalue weighted by molar-refractivity contribution is 0.146. The quantitative estimate of drug-likeness (QED) is 0.879. The number of rotatable bonds is 4. The molecule has 0 aliphatic carbocycles. The number of nitrogens with one attached hydrogen (secondary N) is 1. The topological polar surface area (TPSA) is 70.4 Å². The van der Waals surface area contributed by atoms with Gasteiger partial charge in [0.15, 0.2) is 0 Å². The standard InChI is InChI=1S/C22H28N4O2/c1-3-26-8-4-16(5-9-26)24-22-17-6-10-28-11-7-19(17)25-20-12-15(14-23)21(27-2)13-18(20)22/h12-13,16H,3-11H2,1-2H3,(H,24,25). The summed E-state index contributed by atoms with van der Waals surface area (Å²) in [6.45, 7) is 7.02. The molecule has 1 aromatic heterocycles. The summed E-state index contributed by atoms with van der Waals surface area (Å²) in [5.41, 5.74) is 4.88. The summed E-state index contributed by atoms with van der Waals surface area (Å²) in [6.07, 6.45) is 3.94. The molecule has 0 radical (unpaired) electrons. The van der Waals surface area contributed by atoms with Gasteiger partial charge in [-0.3, -0.25) is 4.98 Å². The van der Waals surface area contributed by atoms with Gasteiger partial charge in [0, 0.05) is 42.3 Å². The number of aromatic nitrogens is 1. The molecule has 1 N–H and O–H groups in total. The van der Waals surface area contributed by atoms with E-state index in [0.29, 0.717) is 24.0 Å². The number of benzene rings is 1. The van der Waals surface area contributed by atoms with Crippen molar-refractivity contribution in [3.05, 3.63) is 29.0 Å². The maximum atomic E-state index is 9.47. The van der Waals surface area contributed by atoms with Crippen molar-refractivity contribution in [3.8, 4) is 11.8 Å². The zero-order valence-electron chi connectivity index (χ0n) is 16.8. The zero-order chi connectivity index (χ0) is 19.5. The number of methoxy groups -OCH3 is 1. The average Bonchev–Trinajstić information content (AvgIpc) is 2.98. The van der Waals surface area contributed by atoms with Crippen molar-refractivity contribution in [2.45, 2.75) is 38.6 Å². The molecular weight excluding hydrogens is 352 g/mol. The van der Waals surface area contributed by atoms with Crippen LogP contribution >= 0.6 is 0 Å². The summed E-state index contributed by atoms with van der Waals surface area (Å²) >= 11 is 0. The van der Waals surface area contributed by atoms with E-state index in [4.69, 9.17) is 14.5 Å². The Bertz CT molecular complexity index is 898. The van der Waals surface area contributed by atoms with E-state index < -0.39 is 0 Å². The van der Waals surface area contributed by atoms with Crippen LogP contribution in [0.15, 0.2) is 12.1 Å². The lowest BCUT2D eigenvalue weighted by Gasteiger charge is -2.33. The lowest BCUT2D eigenvalue weighted by atomic mass is 9.98. The summed E-state index contributed by atoms with van der Waals surface area (Å²) in [5.74, 6) is 0.602. The summed E-state index contributed by atoms with van der Waals surface area (Å²) in [5, 5.41) is 14.4. The van der Waals surface area contributed by atoms with Crippen LogP contribution in [0.5, 0.6) is 5.75 Å². The van der Waals surface area contributed by atoms with E-state index >= 15 is 0 Å². The minimum absolute atomic E-state index is 0.448. The third-order valence-electron chi connectivity index (χ3n) is 5.98. The minimum atomic E-state index is 0.448. The second-order valence-electron chi connectivity index (χ2n) is 7.56. The van der Waals surface area contributed by atoms with Crippen molar-refractivity contribution >= 4 is 16.6 Å². The molecule has 2 aliphatic rings. The first-order chi connectivity index (χ1) is 13.7. The molecule has 3 heterocycles. The van der Waals surface area contributed by atoms with E-state index in [1.807, 2.05) is 12.1 Å². The van der Waals surface area contributed by atoms with Gasteiger partial charge in [0.25, 0.3) is 0 Å². The van der Waals surface area contributed by atoms with Crippen molar-refractivity contribution in [1.29, 1.82) is 5.26 Å². The number of piperidine rings is 1. The molecule has 0 saturated carbocycles. The first-order valence-corrected chi connectivity index (χ1v) is 10.2. The number of fused-ring (bicyclic) bond motifs is 2. The highest BCUT2D eigenvalue weighted by Gasteiger charge is 2.23. The highest BCUT2D eigenvalue weighted by atomic mass is 16.5. The Hall–Kier alpha value is -2.36. The van der Waals surface area contributed by atoms with Crippen LogP contribution < -0.4 is 10.1 Å². The van der Waals surface area contributed by atoms with Crippen molar-refractivity contribution in [2.24, 2.45) is 0 Å². The smallest absolute Gasteiger partial charge is 0.137 e. The third kappa shape index (κ3) is 3.65. The van der Waals surface area contributed by atoms with Gasteiger partial charge in [0.2, 0.25) is 0 Å². The van der Waals surface area contributed by atoms with Crippen molar-refractivity contribution in [3.63, 3.8) is 0 Å². The second kappa shape index (κ2) is 8.34. The predicted octanol–water partition coefficient (Wildman–Crippen LogP) is 3.13. The molecule has 2 aromatic rings. The Balaban J connectivity index is 1.79. The number of nitrogens with zero attached hydrogens (tertiary/aromatic N) is 3. The van der Waals surface area contributed by atoms with Gasteiger partial charge in [-0.05, 0) is 43.5 Å². The number of nitriles is 1. The van der Waals surface area contributed by atoms with E-state index in [1.54, 1.807) is 7.11 Å².